The maximum atomic E-state index is 12.6. The molecular weight excluding hydrogens is 257 g/mol. The van der Waals surface area contributed by atoms with Crippen LogP contribution in [0.3, 0.4) is 0 Å². The van der Waals surface area contributed by atoms with Crippen LogP contribution in [0.1, 0.15) is 24.5 Å². The summed E-state index contributed by atoms with van der Waals surface area (Å²) in [6, 6.07) is 4.89. The van der Waals surface area contributed by atoms with Crippen LogP contribution in [0.2, 0.25) is 0 Å². The lowest BCUT2D eigenvalue weighted by Gasteiger charge is -2.22. The third-order valence-electron chi connectivity index (χ3n) is 3.24. The summed E-state index contributed by atoms with van der Waals surface area (Å²) >= 11 is 0. The standard InChI is InChI=1S/C13H13F3N2O/c1-12(19)4-5-18(8-12)11-3-2-10(13(14,15)16)6-9(11)7-17/h2-3,6,19H,4-5,8H2,1H3. The van der Waals surface area contributed by atoms with Crippen molar-refractivity contribution in [2.45, 2.75) is 25.1 Å². The quantitative estimate of drug-likeness (QED) is 0.853. The van der Waals surface area contributed by atoms with Crippen LogP contribution in [-0.4, -0.2) is 23.8 Å². The van der Waals surface area contributed by atoms with Crippen LogP contribution in [-0.2, 0) is 6.18 Å². The molecule has 1 N–H and O–H groups in total. The zero-order valence-electron chi connectivity index (χ0n) is 10.3. The van der Waals surface area contributed by atoms with E-state index >= 15 is 0 Å². The number of nitriles is 1. The summed E-state index contributed by atoms with van der Waals surface area (Å²) in [5, 5.41) is 18.9. The highest BCUT2D eigenvalue weighted by Gasteiger charge is 2.34. The lowest BCUT2D eigenvalue weighted by molar-refractivity contribution is -0.137. The van der Waals surface area contributed by atoms with Gasteiger partial charge in [-0.05, 0) is 31.5 Å². The molecule has 1 unspecified atom stereocenters. The molecule has 0 amide bonds. The van der Waals surface area contributed by atoms with Gasteiger partial charge in [0.05, 0.1) is 22.4 Å². The Morgan fingerprint density at radius 1 is 1.42 bits per heavy atom. The van der Waals surface area contributed by atoms with Crippen LogP contribution < -0.4 is 4.90 Å². The first-order valence-corrected chi connectivity index (χ1v) is 5.82. The molecule has 1 fully saturated rings. The first kappa shape index (κ1) is 13.7. The molecule has 102 valence electrons. The zero-order chi connectivity index (χ0) is 14.3. The number of hydrogen-bond acceptors (Lipinski definition) is 3. The highest BCUT2D eigenvalue weighted by Crippen LogP contribution is 2.34. The summed E-state index contributed by atoms with van der Waals surface area (Å²) in [4.78, 5) is 1.73. The first-order valence-electron chi connectivity index (χ1n) is 5.82. The van der Waals surface area contributed by atoms with E-state index in [1.54, 1.807) is 17.9 Å². The Balaban J connectivity index is 2.36. The van der Waals surface area contributed by atoms with Crippen LogP contribution in [0.5, 0.6) is 0 Å². The number of benzene rings is 1. The number of rotatable bonds is 1. The molecule has 1 heterocycles. The molecule has 6 heteroatoms. The van der Waals surface area contributed by atoms with Gasteiger partial charge in [-0.2, -0.15) is 18.4 Å². The van der Waals surface area contributed by atoms with Crippen molar-refractivity contribution in [2.75, 3.05) is 18.0 Å². The molecule has 2 rings (SSSR count). The molecule has 1 saturated heterocycles. The highest BCUT2D eigenvalue weighted by molar-refractivity contribution is 5.61. The minimum absolute atomic E-state index is 0.0208. The normalized spacial score (nSPS) is 23.5. The second kappa shape index (κ2) is 4.42. The number of aliphatic hydroxyl groups is 1. The van der Waals surface area contributed by atoms with Crippen LogP contribution in [0.25, 0.3) is 0 Å². The SMILES string of the molecule is CC1(O)CCN(c2ccc(C(F)(F)F)cc2C#N)C1. The molecule has 1 aliphatic heterocycles. The molecule has 0 saturated carbocycles. The van der Waals surface area contributed by atoms with Crippen molar-refractivity contribution in [3.05, 3.63) is 29.3 Å². The van der Waals surface area contributed by atoms with E-state index in [1.807, 2.05) is 0 Å². The van der Waals surface area contributed by atoms with Gasteiger partial charge in [0.15, 0.2) is 0 Å². The lowest BCUT2D eigenvalue weighted by Crippen LogP contribution is -2.30. The Hall–Kier alpha value is -1.74. The molecule has 1 aromatic carbocycles. The predicted molar refractivity (Wildman–Crippen MR) is 63.6 cm³/mol. The topological polar surface area (TPSA) is 47.3 Å². The van der Waals surface area contributed by atoms with E-state index in [2.05, 4.69) is 0 Å². The van der Waals surface area contributed by atoms with Gasteiger partial charge < -0.3 is 10.0 Å². The molecule has 1 aromatic rings. The van der Waals surface area contributed by atoms with Gasteiger partial charge in [-0.25, -0.2) is 0 Å². The van der Waals surface area contributed by atoms with Crippen molar-refractivity contribution in [1.82, 2.24) is 0 Å². The highest BCUT2D eigenvalue weighted by atomic mass is 19.4. The fourth-order valence-corrected chi connectivity index (χ4v) is 2.23. The lowest BCUT2D eigenvalue weighted by atomic mass is 10.1. The summed E-state index contributed by atoms with van der Waals surface area (Å²) in [7, 11) is 0. The Bertz CT molecular complexity index is 532. The van der Waals surface area contributed by atoms with Crippen molar-refractivity contribution in [3.8, 4) is 6.07 Å². The van der Waals surface area contributed by atoms with Crippen molar-refractivity contribution >= 4 is 5.69 Å². The maximum Gasteiger partial charge on any atom is 0.416 e. The number of nitrogens with zero attached hydrogens (tertiary/aromatic N) is 2. The molecule has 3 nitrogen and oxygen atoms in total. The van der Waals surface area contributed by atoms with E-state index in [4.69, 9.17) is 5.26 Å². The molecule has 0 aromatic heterocycles. The van der Waals surface area contributed by atoms with Gasteiger partial charge >= 0.3 is 6.18 Å². The van der Waals surface area contributed by atoms with Gasteiger partial charge in [-0.15, -0.1) is 0 Å². The largest absolute Gasteiger partial charge is 0.416 e. The van der Waals surface area contributed by atoms with Gasteiger partial charge in [0, 0.05) is 13.1 Å². The summed E-state index contributed by atoms with van der Waals surface area (Å²) in [5.74, 6) is 0. The average molecular weight is 270 g/mol. The predicted octanol–water partition coefficient (Wildman–Crippen LogP) is 2.54. The van der Waals surface area contributed by atoms with E-state index in [1.165, 1.54) is 6.07 Å². The van der Waals surface area contributed by atoms with Gasteiger partial charge in [0.1, 0.15) is 6.07 Å². The number of β-amino-alcohol motifs (C(OH)–C–C–N with tert-alkyl or cyclic N) is 1. The molecule has 0 aliphatic carbocycles. The van der Waals surface area contributed by atoms with Crippen molar-refractivity contribution in [1.29, 1.82) is 5.26 Å². The zero-order valence-corrected chi connectivity index (χ0v) is 10.3. The monoisotopic (exact) mass is 270 g/mol. The van der Waals surface area contributed by atoms with Gasteiger partial charge in [-0.1, -0.05) is 0 Å². The number of hydrogen-bond donors (Lipinski definition) is 1. The van der Waals surface area contributed by atoms with Crippen LogP contribution >= 0.6 is 0 Å². The average Bonchev–Trinajstić information content (AvgIpc) is 2.67. The van der Waals surface area contributed by atoms with E-state index in [-0.39, 0.29) is 5.56 Å². The second-order valence-corrected chi connectivity index (χ2v) is 5.01. The molecular formula is C13H13F3N2O. The Morgan fingerprint density at radius 3 is 2.58 bits per heavy atom. The fraction of sp³-hybridized carbons (Fsp3) is 0.462. The third-order valence-corrected chi connectivity index (χ3v) is 3.24. The molecule has 19 heavy (non-hydrogen) atoms. The minimum Gasteiger partial charge on any atom is -0.388 e. The van der Waals surface area contributed by atoms with Crippen molar-refractivity contribution < 1.29 is 18.3 Å². The summed E-state index contributed by atoms with van der Waals surface area (Å²) < 4.78 is 37.7. The fourth-order valence-electron chi connectivity index (χ4n) is 2.23. The summed E-state index contributed by atoms with van der Waals surface area (Å²) in [6.45, 7) is 2.50. The number of alkyl halides is 3. The molecule has 1 atom stereocenters. The van der Waals surface area contributed by atoms with Crippen molar-refractivity contribution in [3.63, 3.8) is 0 Å². The third kappa shape index (κ3) is 2.82. The number of anilines is 1. The van der Waals surface area contributed by atoms with E-state index in [0.29, 0.717) is 25.2 Å². The van der Waals surface area contributed by atoms with Gasteiger partial charge in [0.25, 0.3) is 0 Å². The molecule has 1 aliphatic rings. The molecule has 0 bridgehead atoms. The van der Waals surface area contributed by atoms with Gasteiger partial charge in [-0.3, -0.25) is 0 Å². The Kier molecular flexibility index (Phi) is 3.19. The Morgan fingerprint density at radius 2 is 2.11 bits per heavy atom. The minimum atomic E-state index is -4.46. The van der Waals surface area contributed by atoms with Crippen molar-refractivity contribution in [2.24, 2.45) is 0 Å². The Labute approximate surface area is 108 Å². The maximum absolute atomic E-state index is 12.6. The number of halogens is 3. The smallest absolute Gasteiger partial charge is 0.388 e. The molecule has 0 radical (unpaired) electrons. The van der Waals surface area contributed by atoms with E-state index < -0.39 is 17.3 Å². The van der Waals surface area contributed by atoms with Crippen LogP contribution in [0.4, 0.5) is 18.9 Å². The summed E-state index contributed by atoms with van der Waals surface area (Å²) in [6.07, 6.45) is -3.93. The molecule has 0 spiro atoms. The van der Waals surface area contributed by atoms with Crippen LogP contribution in [0, 0.1) is 11.3 Å². The van der Waals surface area contributed by atoms with Crippen LogP contribution in [0.15, 0.2) is 18.2 Å². The summed E-state index contributed by atoms with van der Waals surface area (Å²) in [5.41, 5.74) is -1.28. The first-order chi connectivity index (χ1) is 8.73. The second-order valence-electron chi connectivity index (χ2n) is 5.01. The van der Waals surface area contributed by atoms with Gasteiger partial charge in [0.2, 0.25) is 0 Å². The van der Waals surface area contributed by atoms with E-state index in [0.717, 1.165) is 12.1 Å². The van der Waals surface area contributed by atoms with E-state index in [9.17, 15) is 18.3 Å².